The Bertz CT molecular complexity index is 813. The molecule has 1 aliphatic heterocycles. The molecule has 0 amide bonds. The van der Waals surface area contributed by atoms with Crippen molar-refractivity contribution in [1.82, 2.24) is 10.2 Å². The fourth-order valence-corrected chi connectivity index (χ4v) is 4.11. The molecule has 2 nitrogen and oxygen atoms in total. The second-order valence-corrected chi connectivity index (χ2v) is 7.35. The molecule has 0 spiro atoms. The number of rotatable bonds is 6. The van der Waals surface area contributed by atoms with Gasteiger partial charge in [-0.1, -0.05) is 103 Å². The lowest BCUT2D eigenvalue weighted by atomic mass is 9.83. The molecular weight excluding hydrogens is 340 g/mol. The van der Waals surface area contributed by atoms with E-state index in [-0.39, 0.29) is 0 Å². The Labute approximate surface area is 168 Å². The summed E-state index contributed by atoms with van der Waals surface area (Å²) < 4.78 is 0. The van der Waals surface area contributed by atoms with Crippen LogP contribution in [0.15, 0.2) is 97.1 Å². The number of hydrogen-bond donors (Lipinski definition) is 1. The number of nitrogens with one attached hydrogen (secondary N) is 1. The molecule has 4 rings (SSSR count). The Kier molecular flexibility index (Phi) is 6.33. The van der Waals surface area contributed by atoms with Gasteiger partial charge in [-0.15, -0.1) is 0 Å². The minimum atomic E-state index is 0.306. The van der Waals surface area contributed by atoms with E-state index >= 15 is 0 Å². The highest BCUT2D eigenvalue weighted by Gasteiger charge is 2.29. The topological polar surface area (TPSA) is 15.3 Å². The molecule has 0 bridgehead atoms. The van der Waals surface area contributed by atoms with Crippen LogP contribution in [0.2, 0.25) is 0 Å². The molecule has 0 radical (unpaired) electrons. The van der Waals surface area contributed by atoms with E-state index in [1.807, 2.05) is 0 Å². The molecule has 0 aromatic heterocycles. The number of benzene rings is 3. The lowest BCUT2D eigenvalue weighted by Crippen LogP contribution is -2.49. The zero-order chi connectivity index (χ0) is 19.0. The van der Waals surface area contributed by atoms with Crippen LogP contribution < -0.4 is 5.32 Å². The Morgan fingerprint density at radius 1 is 0.679 bits per heavy atom. The van der Waals surface area contributed by atoms with Crippen LogP contribution in [0, 0.1) is 0 Å². The number of piperazine rings is 1. The molecule has 3 aromatic rings. The van der Waals surface area contributed by atoms with Gasteiger partial charge in [0.2, 0.25) is 0 Å². The predicted octanol–water partition coefficient (Wildman–Crippen LogP) is 4.81. The lowest BCUT2D eigenvalue weighted by Gasteiger charge is -2.38. The number of nitrogens with zero attached hydrogens (tertiary/aromatic N) is 1. The van der Waals surface area contributed by atoms with Crippen LogP contribution in [0.4, 0.5) is 0 Å². The Morgan fingerprint density at radius 3 is 1.71 bits per heavy atom. The van der Waals surface area contributed by atoms with Crippen molar-refractivity contribution in [2.45, 2.75) is 12.0 Å². The zero-order valence-electron chi connectivity index (χ0n) is 16.2. The second-order valence-electron chi connectivity index (χ2n) is 7.35. The standard InChI is InChI=1S/C26H28N2/c1-4-10-22(11-5-1)16-17-25(28-20-18-27-19-21-28)26(23-12-6-2-7-13-23)24-14-8-3-9-15-24/h1-17,25-27H,18-21H2. The van der Waals surface area contributed by atoms with E-state index in [1.54, 1.807) is 0 Å². The highest BCUT2D eigenvalue weighted by molar-refractivity contribution is 5.51. The molecule has 1 saturated heterocycles. The second kappa shape index (κ2) is 9.50. The van der Waals surface area contributed by atoms with Crippen LogP contribution in [0.5, 0.6) is 0 Å². The predicted molar refractivity (Wildman–Crippen MR) is 118 cm³/mol. The molecule has 1 heterocycles. The molecule has 1 fully saturated rings. The van der Waals surface area contributed by atoms with Gasteiger partial charge < -0.3 is 5.32 Å². The summed E-state index contributed by atoms with van der Waals surface area (Å²) in [7, 11) is 0. The summed E-state index contributed by atoms with van der Waals surface area (Å²) in [5.74, 6) is 0.306. The molecule has 1 N–H and O–H groups in total. The van der Waals surface area contributed by atoms with Crippen molar-refractivity contribution in [2.75, 3.05) is 26.2 Å². The zero-order valence-corrected chi connectivity index (χ0v) is 16.2. The van der Waals surface area contributed by atoms with E-state index < -0.39 is 0 Å². The van der Waals surface area contributed by atoms with Gasteiger partial charge in [0.25, 0.3) is 0 Å². The number of hydrogen-bond acceptors (Lipinski definition) is 2. The van der Waals surface area contributed by atoms with Crippen LogP contribution in [0.3, 0.4) is 0 Å². The largest absolute Gasteiger partial charge is 0.314 e. The SMILES string of the molecule is C(=CC(C(c1ccccc1)c1ccccc1)N1CCNCC1)c1ccccc1. The summed E-state index contributed by atoms with van der Waals surface area (Å²) >= 11 is 0. The monoisotopic (exact) mass is 368 g/mol. The summed E-state index contributed by atoms with van der Waals surface area (Å²) in [6.07, 6.45) is 4.69. The van der Waals surface area contributed by atoms with E-state index in [0.29, 0.717) is 12.0 Å². The molecule has 1 unspecified atom stereocenters. The molecule has 142 valence electrons. The van der Waals surface area contributed by atoms with Gasteiger partial charge in [0, 0.05) is 38.1 Å². The van der Waals surface area contributed by atoms with Crippen molar-refractivity contribution in [2.24, 2.45) is 0 Å². The molecule has 1 aliphatic rings. The Balaban J connectivity index is 1.75. The Morgan fingerprint density at radius 2 is 1.18 bits per heavy atom. The van der Waals surface area contributed by atoms with Crippen LogP contribution in [0.1, 0.15) is 22.6 Å². The molecule has 0 aliphatic carbocycles. The molecule has 0 saturated carbocycles. The normalized spacial score (nSPS) is 16.5. The summed E-state index contributed by atoms with van der Waals surface area (Å²) in [5, 5.41) is 3.50. The quantitative estimate of drug-likeness (QED) is 0.672. The third-order valence-corrected chi connectivity index (χ3v) is 5.52. The van der Waals surface area contributed by atoms with Crippen molar-refractivity contribution in [3.8, 4) is 0 Å². The highest BCUT2D eigenvalue weighted by atomic mass is 15.2. The third kappa shape index (κ3) is 4.59. The van der Waals surface area contributed by atoms with Gasteiger partial charge in [0.1, 0.15) is 0 Å². The maximum absolute atomic E-state index is 3.50. The van der Waals surface area contributed by atoms with Gasteiger partial charge in [0.05, 0.1) is 0 Å². The van der Waals surface area contributed by atoms with Crippen LogP contribution in [0.25, 0.3) is 6.08 Å². The molecule has 2 heteroatoms. The van der Waals surface area contributed by atoms with E-state index in [0.717, 1.165) is 26.2 Å². The summed E-state index contributed by atoms with van der Waals surface area (Å²) in [6.45, 7) is 4.23. The highest BCUT2D eigenvalue weighted by Crippen LogP contribution is 2.32. The first-order chi connectivity index (χ1) is 13.9. The first-order valence-electron chi connectivity index (χ1n) is 10.2. The minimum Gasteiger partial charge on any atom is -0.314 e. The van der Waals surface area contributed by atoms with Gasteiger partial charge in [0.15, 0.2) is 0 Å². The van der Waals surface area contributed by atoms with Crippen molar-refractivity contribution in [1.29, 1.82) is 0 Å². The van der Waals surface area contributed by atoms with Crippen molar-refractivity contribution in [3.05, 3.63) is 114 Å². The molecule has 28 heavy (non-hydrogen) atoms. The van der Waals surface area contributed by atoms with Gasteiger partial charge >= 0.3 is 0 Å². The van der Waals surface area contributed by atoms with E-state index in [9.17, 15) is 0 Å². The van der Waals surface area contributed by atoms with Crippen molar-refractivity contribution < 1.29 is 0 Å². The average Bonchev–Trinajstić information content (AvgIpc) is 2.79. The smallest absolute Gasteiger partial charge is 0.0391 e. The van der Waals surface area contributed by atoms with Crippen molar-refractivity contribution >= 4 is 6.08 Å². The maximum Gasteiger partial charge on any atom is 0.0391 e. The Hall–Kier alpha value is -2.68. The van der Waals surface area contributed by atoms with Gasteiger partial charge in [-0.25, -0.2) is 0 Å². The van der Waals surface area contributed by atoms with Crippen LogP contribution >= 0.6 is 0 Å². The molecule has 3 aromatic carbocycles. The third-order valence-electron chi connectivity index (χ3n) is 5.52. The van der Waals surface area contributed by atoms with Gasteiger partial charge in [-0.05, 0) is 16.7 Å². The summed E-state index contributed by atoms with van der Waals surface area (Å²) in [6, 6.07) is 32.8. The fraction of sp³-hybridized carbons (Fsp3) is 0.231. The van der Waals surface area contributed by atoms with Gasteiger partial charge in [-0.2, -0.15) is 0 Å². The lowest BCUT2D eigenvalue weighted by molar-refractivity contribution is 0.190. The average molecular weight is 369 g/mol. The van der Waals surface area contributed by atoms with Crippen LogP contribution in [-0.4, -0.2) is 37.1 Å². The van der Waals surface area contributed by atoms with Crippen molar-refractivity contribution in [3.63, 3.8) is 0 Å². The maximum atomic E-state index is 3.50. The fourth-order valence-electron chi connectivity index (χ4n) is 4.11. The van der Waals surface area contributed by atoms with E-state index in [1.165, 1.54) is 16.7 Å². The van der Waals surface area contributed by atoms with Crippen LogP contribution in [-0.2, 0) is 0 Å². The first-order valence-corrected chi connectivity index (χ1v) is 10.2. The van der Waals surface area contributed by atoms with E-state index in [2.05, 4.69) is 113 Å². The summed E-state index contributed by atoms with van der Waals surface area (Å²) in [4.78, 5) is 2.63. The van der Waals surface area contributed by atoms with Gasteiger partial charge in [-0.3, -0.25) is 4.90 Å². The summed E-state index contributed by atoms with van der Waals surface area (Å²) in [5.41, 5.74) is 3.99. The molecule has 1 atom stereocenters. The first kappa shape index (κ1) is 18.7. The molecular formula is C26H28N2. The van der Waals surface area contributed by atoms with E-state index in [4.69, 9.17) is 0 Å². The minimum absolute atomic E-state index is 0.306.